The van der Waals surface area contributed by atoms with Gasteiger partial charge < -0.3 is 20.3 Å². The molecule has 3 N–H and O–H groups in total. The fourth-order valence-electron chi connectivity index (χ4n) is 3.61. The minimum atomic E-state index is -3.83. The van der Waals surface area contributed by atoms with E-state index in [1.54, 1.807) is 31.2 Å². The summed E-state index contributed by atoms with van der Waals surface area (Å²) in [5.41, 5.74) is 2.79. The molecule has 1 unspecified atom stereocenters. The monoisotopic (exact) mass is 498 g/mol. The second kappa shape index (κ2) is 10.7. The van der Waals surface area contributed by atoms with Crippen LogP contribution >= 0.6 is 0 Å². The van der Waals surface area contributed by atoms with Crippen molar-refractivity contribution in [2.75, 3.05) is 46.6 Å². The third kappa shape index (κ3) is 6.49. The second-order valence-electron chi connectivity index (χ2n) is 8.14. The van der Waals surface area contributed by atoms with Crippen molar-refractivity contribution in [3.8, 4) is 0 Å². The van der Waals surface area contributed by atoms with Crippen LogP contribution in [-0.2, 0) is 19.6 Å². The van der Waals surface area contributed by atoms with Gasteiger partial charge in [-0.1, -0.05) is 0 Å². The zero-order valence-corrected chi connectivity index (χ0v) is 20.0. The standard InChI is InChI=1S/C25H27FN4O4S/c1-18(25(31)28-21-8-10-23(11-9-21)30-14-16-34-17-15-30)27-20-4-6-22(7-5-20)29-35(32,33)24-12-2-19(26)3-13-24/h2-13,18,27,29H,14-17H2,1H3,(H,28,31). The number of carbonyl (C=O) groups excluding carboxylic acids is 1. The topological polar surface area (TPSA) is 99.8 Å². The molecular weight excluding hydrogens is 471 g/mol. The summed E-state index contributed by atoms with van der Waals surface area (Å²) in [7, 11) is -3.83. The SMILES string of the molecule is CC(Nc1ccc(NS(=O)(=O)c2ccc(F)cc2)cc1)C(=O)Nc1ccc(N2CCOCC2)cc1. The Morgan fingerprint density at radius 2 is 1.46 bits per heavy atom. The van der Waals surface area contributed by atoms with Gasteiger partial charge in [0.05, 0.1) is 18.1 Å². The maximum Gasteiger partial charge on any atom is 0.261 e. The summed E-state index contributed by atoms with van der Waals surface area (Å²) in [6, 6.07) is 18.2. The lowest BCUT2D eigenvalue weighted by Crippen LogP contribution is -2.36. The zero-order valence-electron chi connectivity index (χ0n) is 19.2. The van der Waals surface area contributed by atoms with Crippen LogP contribution in [0.4, 0.5) is 27.1 Å². The fourth-order valence-corrected chi connectivity index (χ4v) is 4.66. The van der Waals surface area contributed by atoms with E-state index >= 15 is 0 Å². The van der Waals surface area contributed by atoms with Crippen LogP contribution in [0.25, 0.3) is 0 Å². The van der Waals surface area contributed by atoms with Gasteiger partial charge >= 0.3 is 0 Å². The van der Waals surface area contributed by atoms with Crippen molar-refractivity contribution in [2.45, 2.75) is 17.9 Å². The first-order valence-electron chi connectivity index (χ1n) is 11.2. The highest BCUT2D eigenvalue weighted by atomic mass is 32.2. The molecule has 1 aliphatic rings. The van der Waals surface area contributed by atoms with E-state index in [9.17, 15) is 17.6 Å². The molecule has 10 heteroatoms. The molecule has 0 aliphatic carbocycles. The van der Waals surface area contributed by atoms with Gasteiger partial charge in [0.25, 0.3) is 10.0 Å². The van der Waals surface area contributed by atoms with Gasteiger partial charge in [-0.15, -0.1) is 0 Å². The number of nitrogens with zero attached hydrogens (tertiary/aromatic N) is 1. The van der Waals surface area contributed by atoms with E-state index in [0.717, 1.165) is 30.9 Å². The summed E-state index contributed by atoms with van der Waals surface area (Å²) >= 11 is 0. The number of sulfonamides is 1. The number of morpholine rings is 1. The molecule has 1 saturated heterocycles. The fraction of sp³-hybridized carbons (Fsp3) is 0.240. The molecule has 8 nitrogen and oxygen atoms in total. The van der Waals surface area contributed by atoms with Crippen molar-refractivity contribution in [1.82, 2.24) is 0 Å². The Kier molecular flexibility index (Phi) is 7.52. The van der Waals surface area contributed by atoms with Gasteiger partial charge in [0.2, 0.25) is 5.91 Å². The summed E-state index contributed by atoms with van der Waals surface area (Å²) in [5.74, 6) is -0.715. The maximum absolute atomic E-state index is 13.1. The first-order valence-corrected chi connectivity index (χ1v) is 12.7. The molecule has 184 valence electrons. The van der Waals surface area contributed by atoms with E-state index in [1.165, 1.54) is 12.1 Å². The van der Waals surface area contributed by atoms with Crippen molar-refractivity contribution in [2.24, 2.45) is 0 Å². The molecule has 3 aromatic carbocycles. The molecule has 0 bridgehead atoms. The molecule has 0 radical (unpaired) electrons. The van der Waals surface area contributed by atoms with E-state index < -0.39 is 21.9 Å². The molecule has 3 aromatic rings. The highest BCUT2D eigenvalue weighted by Crippen LogP contribution is 2.21. The Hall–Kier alpha value is -3.63. The van der Waals surface area contributed by atoms with Crippen LogP contribution in [0.3, 0.4) is 0 Å². The summed E-state index contributed by atoms with van der Waals surface area (Å²) in [5, 5.41) is 5.99. The average molecular weight is 499 g/mol. The van der Waals surface area contributed by atoms with Crippen LogP contribution < -0.4 is 20.3 Å². The lowest BCUT2D eigenvalue weighted by molar-refractivity contribution is -0.116. The van der Waals surface area contributed by atoms with Crippen molar-refractivity contribution >= 4 is 38.7 Å². The van der Waals surface area contributed by atoms with Gasteiger partial charge in [-0.3, -0.25) is 9.52 Å². The Bertz CT molecular complexity index is 1240. The number of nitrogens with one attached hydrogen (secondary N) is 3. The molecule has 1 fully saturated rings. The molecule has 0 spiro atoms. The second-order valence-corrected chi connectivity index (χ2v) is 9.82. The number of rotatable bonds is 8. The van der Waals surface area contributed by atoms with Gasteiger partial charge in [-0.05, 0) is 79.7 Å². The van der Waals surface area contributed by atoms with Crippen LogP contribution in [0.2, 0.25) is 0 Å². The van der Waals surface area contributed by atoms with Crippen LogP contribution in [0.15, 0.2) is 77.7 Å². The Balaban J connectivity index is 1.31. The highest BCUT2D eigenvalue weighted by molar-refractivity contribution is 7.92. The number of hydrogen-bond acceptors (Lipinski definition) is 6. The van der Waals surface area contributed by atoms with E-state index in [2.05, 4.69) is 20.3 Å². The van der Waals surface area contributed by atoms with Crippen LogP contribution in [0.1, 0.15) is 6.92 Å². The number of amides is 1. The van der Waals surface area contributed by atoms with Crippen LogP contribution in [0.5, 0.6) is 0 Å². The molecule has 0 aromatic heterocycles. The normalized spacial score (nSPS) is 14.7. The molecule has 1 heterocycles. The molecule has 4 rings (SSSR count). The number of hydrogen-bond donors (Lipinski definition) is 3. The number of anilines is 4. The molecule has 1 atom stereocenters. The van der Waals surface area contributed by atoms with E-state index in [-0.39, 0.29) is 10.8 Å². The van der Waals surface area contributed by atoms with E-state index in [0.29, 0.717) is 30.3 Å². The average Bonchev–Trinajstić information content (AvgIpc) is 2.86. The molecule has 35 heavy (non-hydrogen) atoms. The van der Waals surface area contributed by atoms with Crippen LogP contribution in [-0.4, -0.2) is 46.7 Å². The zero-order chi connectivity index (χ0) is 24.8. The van der Waals surface area contributed by atoms with Crippen molar-refractivity contribution in [3.05, 3.63) is 78.6 Å². The number of benzene rings is 3. The number of halogens is 1. The van der Waals surface area contributed by atoms with E-state index in [1.807, 2.05) is 24.3 Å². The maximum atomic E-state index is 13.1. The smallest absolute Gasteiger partial charge is 0.261 e. The highest BCUT2D eigenvalue weighted by Gasteiger charge is 2.16. The predicted molar refractivity (Wildman–Crippen MR) is 135 cm³/mol. The molecule has 1 amide bonds. The Morgan fingerprint density at radius 3 is 2.09 bits per heavy atom. The lowest BCUT2D eigenvalue weighted by atomic mass is 10.2. The minimum Gasteiger partial charge on any atom is -0.378 e. The quantitative estimate of drug-likeness (QED) is 0.436. The summed E-state index contributed by atoms with van der Waals surface area (Å²) in [6.07, 6.45) is 0. The van der Waals surface area contributed by atoms with Gasteiger partial charge in [-0.25, -0.2) is 12.8 Å². The first kappa shape index (κ1) is 24.5. The largest absolute Gasteiger partial charge is 0.378 e. The molecule has 0 saturated carbocycles. The Morgan fingerprint density at radius 1 is 0.886 bits per heavy atom. The summed E-state index contributed by atoms with van der Waals surface area (Å²) in [6.45, 7) is 4.85. The van der Waals surface area contributed by atoms with Gasteiger partial charge in [0.1, 0.15) is 11.9 Å². The lowest BCUT2D eigenvalue weighted by Gasteiger charge is -2.29. The third-order valence-electron chi connectivity index (χ3n) is 5.55. The summed E-state index contributed by atoms with van der Waals surface area (Å²) < 4.78 is 45.8. The Labute approximate surface area is 204 Å². The van der Waals surface area contributed by atoms with Crippen molar-refractivity contribution in [1.29, 1.82) is 0 Å². The van der Waals surface area contributed by atoms with E-state index in [4.69, 9.17) is 4.74 Å². The predicted octanol–water partition coefficient (Wildman–Crippen LogP) is 3.90. The third-order valence-corrected chi connectivity index (χ3v) is 6.95. The number of ether oxygens (including phenoxy) is 1. The van der Waals surface area contributed by atoms with Gasteiger partial charge in [-0.2, -0.15) is 0 Å². The number of carbonyl (C=O) groups is 1. The van der Waals surface area contributed by atoms with Crippen molar-refractivity contribution < 1.29 is 22.3 Å². The first-order chi connectivity index (χ1) is 16.8. The van der Waals surface area contributed by atoms with Crippen LogP contribution in [0, 0.1) is 5.82 Å². The molecule has 1 aliphatic heterocycles. The molecular formula is C25H27FN4O4S. The van der Waals surface area contributed by atoms with Gasteiger partial charge in [0.15, 0.2) is 0 Å². The minimum absolute atomic E-state index is 0.0376. The van der Waals surface area contributed by atoms with Crippen molar-refractivity contribution in [3.63, 3.8) is 0 Å². The van der Waals surface area contributed by atoms with Gasteiger partial charge in [0, 0.05) is 35.8 Å². The summed E-state index contributed by atoms with van der Waals surface area (Å²) in [4.78, 5) is 14.8.